The smallest absolute Gasteiger partial charge is 0.368 e. The number of nitrogens with one attached hydrogen (secondary N) is 2. The fraction of sp³-hybridized carbons (Fsp3) is 0.444. The third kappa shape index (κ3) is 5.42. The lowest BCUT2D eigenvalue weighted by Crippen LogP contribution is -2.46. The Morgan fingerprint density at radius 3 is 2.82 bits per heavy atom. The van der Waals surface area contributed by atoms with Gasteiger partial charge in [0, 0.05) is 31.2 Å². The van der Waals surface area contributed by atoms with Crippen molar-refractivity contribution in [3.05, 3.63) is 33.7 Å². The molecule has 1 aromatic carbocycles. The van der Waals surface area contributed by atoms with Crippen LogP contribution in [0.4, 0.5) is 23.7 Å². The van der Waals surface area contributed by atoms with Crippen LogP contribution in [0.15, 0.2) is 23.1 Å². The van der Waals surface area contributed by atoms with Gasteiger partial charge in [-0.25, -0.2) is 0 Å². The van der Waals surface area contributed by atoms with Crippen molar-refractivity contribution in [2.75, 3.05) is 24.5 Å². The summed E-state index contributed by atoms with van der Waals surface area (Å²) < 4.78 is 37.1. The number of para-hydroxylation sites is 1. The summed E-state index contributed by atoms with van der Waals surface area (Å²) >= 11 is 7.24. The van der Waals surface area contributed by atoms with Gasteiger partial charge >= 0.3 is 6.18 Å². The number of benzene rings is 1. The molecule has 1 aromatic rings. The van der Waals surface area contributed by atoms with E-state index in [1.54, 1.807) is 24.3 Å². The number of hydrogen-bond acceptors (Lipinski definition) is 5. The number of imide groups is 1. The first-order chi connectivity index (χ1) is 13.2. The molecular formula is C18H19ClF3N3O2S. The van der Waals surface area contributed by atoms with Gasteiger partial charge in [-0.1, -0.05) is 23.7 Å². The van der Waals surface area contributed by atoms with Gasteiger partial charge in [0.05, 0.1) is 22.0 Å². The van der Waals surface area contributed by atoms with Gasteiger partial charge in [-0.05, 0) is 36.7 Å². The molecule has 2 aliphatic rings. The summed E-state index contributed by atoms with van der Waals surface area (Å²) in [5, 5.41) is 5.24. The highest BCUT2D eigenvalue weighted by molar-refractivity contribution is 8.18. The second-order valence-electron chi connectivity index (χ2n) is 6.63. The number of rotatable bonds is 5. The Morgan fingerprint density at radius 1 is 1.36 bits per heavy atom. The first-order valence-electron chi connectivity index (χ1n) is 8.81. The third-order valence-electron chi connectivity index (χ3n) is 4.53. The van der Waals surface area contributed by atoms with Crippen LogP contribution in [0.2, 0.25) is 5.02 Å². The van der Waals surface area contributed by atoms with Gasteiger partial charge in [-0.2, -0.15) is 13.2 Å². The summed E-state index contributed by atoms with van der Waals surface area (Å²) in [5.41, 5.74) is 1.41. The number of piperidine rings is 1. The van der Waals surface area contributed by atoms with Crippen LogP contribution in [0, 0.1) is 0 Å². The average molecular weight is 434 g/mol. The molecule has 2 N–H and O–H groups in total. The molecule has 152 valence electrons. The predicted molar refractivity (Wildman–Crippen MR) is 104 cm³/mol. The highest BCUT2D eigenvalue weighted by Crippen LogP contribution is 2.35. The van der Waals surface area contributed by atoms with Crippen molar-refractivity contribution in [2.45, 2.75) is 31.5 Å². The fourth-order valence-electron chi connectivity index (χ4n) is 3.31. The zero-order chi connectivity index (χ0) is 20.3. The number of nitrogens with zero attached hydrogens (tertiary/aromatic N) is 1. The van der Waals surface area contributed by atoms with Crippen LogP contribution in [0.25, 0.3) is 6.08 Å². The lowest BCUT2D eigenvalue weighted by molar-refractivity contribution is -0.133. The summed E-state index contributed by atoms with van der Waals surface area (Å²) in [6.45, 7) is 1.09. The van der Waals surface area contributed by atoms with Gasteiger partial charge in [-0.15, -0.1) is 0 Å². The number of thioether (sulfide) groups is 1. The summed E-state index contributed by atoms with van der Waals surface area (Å²) in [6, 6.07) is 5.19. The van der Waals surface area contributed by atoms with Gasteiger partial charge in [0.1, 0.15) is 0 Å². The van der Waals surface area contributed by atoms with Crippen LogP contribution in [0.5, 0.6) is 0 Å². The minimum absolute atomic E-state index is 0.0846. The zero-order valence-electron chi connectivity index (χ0n) is 14.8. The monoisotopic (exact) mass is 433 g/mol. The Kier molecular flexibility index (Phi) is 6.57. The van der Waals surface area contributed by atoms with E-state index in [0.717, 1.165) is 24.6 Å². The first-order valence-corrected chi connectivity index (χ1v) is 10.0. The van der Waals surface area contributed by atoms with Crippen LogP contribution in [-0.4, -0.2) is 43.0 Å². The van der Waals surface area contributed by atoms with Gasteiger partial charge in [0.25, 0.3) is 11.1 Å². The van der Waals surface area contributed by atoms with Crippen molar-refractivity contribution in [3.8, 4) is 0 Å². The van der Waals surface area contributed by atoms with E-state index in [1.807, 2.05) is 4.90 Å². The molecule has 1 atom stereocenters. The quantitative estimate of drug-likeness (QED) is 0.682. The van der Waals surface area contributed by atoms with Crippen molar-refractivity contribution in [1.29, 1.82) is 0 Å². The van der Waals surface area contributed by atoms with Gasteiger partial charge in [-0.3, -0.25) is 14.9 Å². The molecule has 2 aliphatic heterocycles. The zero-order valence-corrected chi connectivity index (χ0v) is 16.4. The Hall–Kier alpha value is -1.71. The molecule has 0 bridgehead atoms. The SMILES string of the molecule is O=C1NC(=O)C(=Cc2cccc(Cl)c2N2CCC[C@@H](NCCC(F)(F)F)C2)S1. The summed E-state index contributed by atoms with van der Waals surface area (Å²) in [6.07, 6.45) is -1.85. The minimum atomic E-state index is -4.18. The Labute approximate surface area is 169 Å². The maximum absolute atomic E-state index is 12.4. The normalized spacial score (nSPS) is 22.1. The highest BCUT2D eigenvalue weighted by Gasteiger charge is 2.29. The van der Waals surface area contributed by atoms with Crippen molar-refractivity contribution in [2.24, 2.45) is 0 Å². The number of anilines is 1. The van der Waals surface area contributed by atoms with Crippen molar-refractivity contribution in [1.82, 2.24) is 10.6 Å². The molecule has 0 aromatic heterocycles. The number of halogens is 4. The lowest BCUT2D eigenvalue weighted by Gasteiger charge is -2.36. The molecule has 5 nitrogen and oxygen atoms in total. The first kappa shape index (κ1) is 21.0. The third-order valence-corrected chi connectivity index (χ3v) is 5.64. The molecular weight excluding hydrogens is 415 g/mol. The standard InChI is InChI=1S/C18H19ClF3N3O2S/c19-13-5-1-3-11(9-14-16(26)24-17(27)28-14)15(13)25-8-2-4-12(10-25)23-7-6-18(20,21)22/h1,3,5,9,12,23H,2,4,6-8,10H2,(H,24,26,27)/t12-/m1/s1. The van der Waals surface area contributed by atoms with E-state index in [0.29, 0.717) is 29.4 Å². The van der Waals surface area contributed by atoms with Crippen LogP contribution < -0.4 is 15.5 Å². The topological polar surface area (TPSA) is 61.4 Å². The van der Waals surface area contributed by atoms with Crippen molar-refractivity contribution >= 4 is 46.3 Å². The number of amides is 2. The van der Waals surface area contributed by atoms with E-state index in [1.165, 1.54) is 0 Å². The number of carbonyl (C=O) groups excluding carboxylic acids is 2. The highest BCUT2D eigenvalue weighted by atomic mass is 35.5. The Morgan fingerprint density at radius 2 is 2.14 bits per heavy atom. The molecule has 0 spiro atoms. The molecule has 10 heteroatoms. The van der Waals surface area contributed by atoms with E-state index >= 15 is 0 Å². The second kappa shape index (κ2) is 8.75. The van der Waals surface area contributed by atoms with Crippen LogP contribution in [0.1, 0.15) is 24.8 Å². The Bertz CT molecular complexity index is 801. The van der Waals surface area contributed by atoms with Crippen LogP contribution >= 0.6 is 23.4 Å². The molecule has 2 saturated heterocycles. The number of carbonyl (C=O) groups is 2. The van der Waals surface area contributed by atoms with Crippen molar-refractivity contribution < 1.29 is 22.8 Å². The molecule has 2 heterocycles. The van der Waals surface area contributed by atoms with E-state index in [-0.39, 0.29) is 17.5 Å². The number of hydrogen-bond donors (Lipinski definition) is 2. The predicted octanol–water partition coefficient (Wildman–Crippen LogP) is 4.17. The van der Waals surface area contributed by atoms with Crippen molar-refractivity contribution in [3.63, 3.8) is 0 Å². The number of alkyl halides is 3. The fourth-order valence-corrected chi connectivity index (χ4v) is 4.28. The maximum atomic E-state index is 12.4. The summed E-state index contributed by atoms with van der Waals surface area (Å²) in [5.74, 6) is -0.453. The Balaban J connectivity index is 1.76. The van der Waals surface area contributed by atoms with Crippen LogP contribution in [-0.2, 0) is 4.79 Å². The van der Waals surface area contributed by atoms with E-state index < -0.39 is 23.7 Å². The molecule has 0 aliphatic carbocycles. The molecule has 2 amide bonds. The second-order valence-corrected chi connectivity index (χ2v) is 8.06. The van der Waals surface area contributed by atoms with Crippen LogP contribution in [0.3, 0.4) is 0 Å². The summed E-state index contributed by atoms with van der Waals surface area (Å²) in [7, 11) is 0. The van der Waals surface area contributed by atoms with Gasteiger partial charge < -0.3 is 10.2 Å². The average Bonchev–Trinajstić information content (AvgIpc) is 2.91. The largest absolute Gasteiger partial charge is 0.390 e. The lowest BCUT2D eigenvalue weighted by atomic mass is 10.0. The molecule has 0 radical (unpaired) electrons. The van der Waals surface area contributed by atoms with E-state index in [2.05, 4.69) is 10.6 Å². The van der Waals surface area contributed by atoms with E-state index in [9.17, 15) is 22.8 Å². The minimum Gasteiger partial charge on any atom is -0.368 e. The van der Waals surface area contributed by atoms with E-state index in [4.69, 9.17) is 11.6 Å². The van der Waals surface area contributed by atoms with Gasteiger partial charge in [0.15, 0.2) is 0 Å². The summed E-state index contributed by atoms with van der Waals surface area (Å²) in [4.78, 5) is 25.5. The molecule has 28 heavy (non-hydrogen) atoms. The maximum Gasteiger partial charge on any atom is 0.390 e. The molecule has 3 rings (SSSR count). The molecule has 0 unspecified atom stereocenters. The molecule has 2 fully saturated rings. The molecule has 0 saturated carbocycles. The van der Waals surface area contributed by atoms with Gasteiger partial charge in [0.2, 0.25) is 0 Å².